The highest BCUT2D eigenvalue weighted by Gasteiger charge is 2.12. The molecular weight excluding hydrogens is 274 g/mol. The molecule has 1 saturated heterocycles. The van der Waals surface area contributed by atoms with Crippen LogP contribution in [-0.2, 0) is 6.54 Å². The van der Waals surface area contributed by atoms with Crippen LogP contribution in [0.1, 0.15) is 19.3 Å². The van der Waals surface area contributed by atoms with Gasteiger partial charge in [-0.25, -0.2) is 0 Å². The highest BCUT2D eigenvalue weighted by molar-refractivity contribution is 5.20. The summed E-state index contributed by atoms with van der Waals surface area (Å²) in [4.78, 5) is 12.5. The van der Waals surface area contributed by atoms with Gasteiger partial charge in [0, 0.05) is 19.6 Å². The van der Waals surface area contributed by atoms with E-state index in [0.29, 0.717) is 6.54 Å². The number of nitro groups is 1. The Morgan fingerprint density at radius 3 is 2.86 bits per heavy atom. The zero-order valence-electron chi connectivity index (χ0n) is 12.1. The maximum Gasteiger partial charge on any atom is 0.306 e. The van der Waals surface area contributed by atoms with Crippen LogP contribution in [0.2, 0.25) is 0 Å². The number of hydrogen-bond donors (Lipinski definition) is 2. The summed E-state index contributed by atoms with van der Waals surface area (Å²) in [5.41, 5.74) is -0.0553. The van der Waals surface area contributed by atoms with Crippen molar-refractivity contribution in [1.29, 1.82) is 0 Å². The van der Waals surface area contributed by atoms with E-state index in [2.05, 4.69) is 15.3 Å². The highest BCUT2D eigenvalue weighted by Crippen LogP contribution is 2.08. The van der Waals surface area contributed by atoms with Crippen molar-refractivity contribution >= 4 is 5.69 Å². The number of likely N-dealkylation sites (tertiary alicyclic amines) is 1. The molecule has 2 heterocycles. The van der Waals surface area contributed by atoms with Crippen LogP contribution in [0, 0.1) is 10.1 Å². The van der Waals surface area contributed by atoms with Crippen LogP contribution < -0.4 is 5.32 Å². The average Bonchev–Trinajstić information content (AvgIpc) is 2.93. The minimum absolute atomic E-state index is 0.0553. The molecule has 1 aliphatic heterocycles. The van der Waals surface area contributed by atoms with Gasteiger partial charge < -0.3 is 15.3 Å². The van der Waals surface area contributed by atoms with Crippen LogP contribution in [0.25, 0.3) is 0 Å². The maximum atomic E-state index is 10.5. The third-order valence-corrected chi connectivity index (χ3v) is 3.66. The largest absolute Gasteiger partial charge is 0.390 e. The summed E-state index contributed by atoms with van der Waals surface area (Å²) in [5.74, 6) is 0. The van der Waals surface area contributed by atoms with E-state index in [1.807, 2.05) is 0 Å². The third kappa shape index (κ3) is 5.41. The Kier molecular flexibility index (Phi) is 6.09. The molecule has 0 amide bonds. The quantitative estimate of drug-likeness (QED) is 0.405. The van der Waals surface area contributed by atoms with Gasteiger partial charge >= 0.3 is 5.69 Å². The van der Waals surface area contributed by atoms with Gasteiger partial charge in [-0.1, -0.05) is 6.42 Å². The molecule has 1 unspecified atom stereocenters. The molecule has 8 heteroatoms. The molecule has 0 spiro atoms. The van der Waals surface area contributed by atoms with Gasteiger partial charge in [0.2, 0.25) is 0 Å². The molecule has 1 fully saturated rings. The molecule has 21 heavy (non-hydrogen) atoms. The van der Waals surface area contributed by atoms with E-state index in [4.69, 9.17) is 0 Å². The van der Waals surface area contributed by atoms with Crippen molar-refractivity contribution in [2.45, 2.75) is 31.9 Å². The lowest BCUT2D eigenvalue weighted by Gasteiger charge is -2.26. The fourth-order valence-electron chi connectivity index (χ4n) is 2.52. The molecule has 118 valence electrons. The van der Waals surface area contributed by atoms with Gasteiger partial charge in [-0.15, -0.1) is 0 Å². The van der Waals surface area contributed by atoms with E-state index in [1.54, 1.807) is 0 Å². The Morgan fingerprint density at radius 1 is 1.43 bits per heavy atom. The SMILES string of the molecule is O=[N+]([O-])c1cnn(CC(O)CNCCN2CCCCC2)c1. The van der Waals surface area contributed by atoms with Gasteiger partial charge in [0.15, 0.2) is 0 Å². The molecular formula is C13H23N5O3. The lowest BCUT2D eigenvalue weighted by Crippen LogP contribution is -2.38. The average molecular weight is 297 g/mol. The molecule has 1 aliphatic rings. The second-order valence-electron chi connectivity index (χ2n) is 5.44. The topological polar surface area (TPSA) is 96.5 Å². The van der Waals surface area contributed by atoms with Crippen LogP contribution in [-0.4, -0.2) is 63.5 Å². The van der Waals surface area contributed by atoms with E-state index < -0.39 is 11.0 Å². The number of aliphatic hydroxyl groups excluding tert-OH is 1. The summed E-state index contributed by atoms with van der Waals surface area (Å²) in [7, 11) is 0. The fraction of sp³-hybridized carbons (Fsp3) is 0.769. The van der Waals surface area contributed by atoms with E-state index >= 15 is 0 Å². The molecule has 8 nitrogen and oxygen atoms in total. The van der Waals surface area contributed by atoms with E-state index in [9.17, 15) is 15.2 Å². The molecule has 2 rings (SSSR count). The Hall–Kier alpha value is -1.51. The summed E-state index contributed by atoms with van der Waals surface area (Å²) < 4.78 is 1.40. The summed E-state index contributed by atoms with van der Waals surface area (Å²) >= 11 is 0. The van der Waals surface area contributed by atoms with Gasteiger partial charge in [-0.3, -0.25) is 14.8 Å². The van der Waals surface area contributed by atoms with E-state index in [1.165, 1.54) is 49.4 Å². The zero-order chi connectivity index (χ0) is 15.1. The molecule has 0 aromatic carbocycles. The number of aliphatic hydroxyl groups is 1. The summed E-state index contributed by atoms with van der Waals surface area (Å²) in [6.07, 6.45) is 5.80. The van der Waals surface area contributed by atoms with Crippen molar-refractivity contribution < 1.29 is 10.0 Å². The maximum absolute atomic E-state index is 10.5. The monoisotopic (exact) mass is 297 g/mol. The summed E-state index contributed by atoms with van der Waals surface area (Å²) in [6.45, 7) is 4.89. The van der Waals surface area contributed by atoms with Gasteiger partial charge in [0.05, 0.1) is 17.6 Å². The number of hydrogen-bond acceptors (Lipinski definition) is 6. The molecule has 0 aliphatic carbocycles. The molecule has 0 saturated carbocycles. The van der Waals surface area contributed by atoms with Crippen LogP contribution in [0.3, 0.4) is 0 Å². The van der Waals surface area contributed by atoms with Crippen molar-refractivity contribution in [1.82, 2.24) is 20.0 Å². The van der Waals surface area contributed by atoms with Crippen LogP contribution in [0.4, 0.5) is 5.69 Å². The highest BCUT2D eigenvalue weighted by atomic mass is 16.6. The number of aromatic nitrogens is 2. The van der Waals surface area contributed by atoms with Crippen LogP contribution in [0.5, 0.6) is 0 Å². The fourth-order valence-corrected chi connectivity index (χ4v) is 2.52. The number of nitrogens with zero attached hydrogens (tertiary/aromatic N) is 4. The summed E-state index contributed by atoms with van der Waals surface area (Å²) in [5, 5.41) is 27.5. The normalized spacial score (nSPS) is 17.8. The predicted octanol–water partition coefficient (Wildman–Crippen LogP) is 0.228. The molecule has 1 aromatic rings. The Labute approximate surface area is 123 Å². The minimum atomic E-state index is -0.606. The second-order valence-corrected chi connectivity index (χ2v) is 5.44. The third-order valence-electron chi connectivity index (χ3n) is 3.66. The van der Waals surface area contributed by atoms with Crippen molar-refractivity contribution in [3.8, 4) is 0 Å². The van der Waals surface area contributed by atoms with Gasteiger partial charge in [-0.05, 0) is 25.9 Å². The molecule has 0 radical (unpaired) electrons. The first-order valence-corrected chi connectivity index (χ1v) is 7.43. The van der Waals surface area contributed by atoms with Gasteiger partial charge in [-0.2, -0.15) is 5.10 Å². The second kappa shape index (κ2) is 8.06. The number of rotatable bonds is 8. The first-order chi connectivity index (χ1) is 10.1. The first kappa shape index (κ1) is 15.9. The van der Waals surface area contributed by atoms with Crippen molar-refractivity contribution in [3.05, 3.63) is 22.5 Å². The standard InChI is InChI=1S/C13H23N5O3/c19-13(11-17-10-12(8-15-17)18(20)21)9-14-4-7-16-5-2-1-3-6-16/h8,10,13-14,19H,1-7,9,11H2. The molecule has 1 aromatic heterocycles. The first-order valence-electron chi connectivity index (χ1n) is 7.43. The Bertz CT molecular complexity index is 445. The molecule has 0 bridgehead atoms. The van der Waals surface area contributed by atoms with Crippen molar-refractivity contribution in [2.24, 2.45) is 0 Å². The summed E-state index contributed by atoms with van der Waals surface area (Å²) in [6, 6.07) is 0. The number of nitrogens with one attached hydrogen (secondary N) is 1. The van der Waals surface area contributed by atoms with Gasteiger partial charge in [0.1, 0.15) is 12.4 Å². The lowest BCUT2D eigenvalue weighted by atomic mass is 10.1. The Morgan fingerprint density at radius 2 is 2.19 bits per heavy atom. The van der Waals surface area contributed by atoms with E-state index in [-0.39, 0.29) is 12.2 Å². The predicted molar refractivity (Wildman–Crippen MR) is 78.0 cm³/mol. The van der Waals surface area contributed by atoms with Crippen LogP contribution in [0.15, 0.2) is 12.4 Å². The van der Waals surface area contributed by atoms with Crippen molar-refractivity contribution in [2.75, 3.05) is 32.7 Å². The number of piperidine rings is 1. The smallest absolute Gasteiger partial charge is 0.306 e. The molecule has 2 N–H and O–H groups in total. The molecule has 1 atom stereocenters. The van der Waals surface area contributed by atoms with Crippen molar-refractivity contribution in [3.63, 3.8) is 0 Å². The van der Waals surface area contributed by atoms with Crippen LogP contribution >= 0.6 is 0 Å². The zero-order valence-corrected chi connectivity index (χ0v) is 12.1. The Balaban J connectivity index is 1.60. The van der Waals surface area contributed by atoms with E-state index in [0.717, 1.165) is 13.1 Å². The lowest BCUT2D eigenvalue weighted by molar-refractivity contribution is -0.385. The van der Waals surface area contributed by atoms with Gasteiger partial charge in [0.25, 0.3) is 0 Å². The minimum Gasteiger partial charge on any atom is -0.390 e.